The van der Waals surface area contributed by atoms with Gasteiger partial charge in [0.25, 0.3) is 0 Å². The summed E-state index contributed by atoms with van der Waals surface area (Å²) in [6.07, 6.45) is -0.0843. The normalized spacial score (nSPS) is 12.4. The molecule has 0 amide bonds. The number of methoxy groups -OCH3 is 1. The van der Waals surface area contributed by atoms with Gasteiger partial charge >= 0.3 is 0 Å². The summed E-state index contributed by atoms with van der Waals surface area (Å²) < 4.78 is 5.23. The van der Waals surface area contributed by atoms with Gasteiger partial charge in [0.15, 0.2) is 0 Å². The van der Waals surface area contributed by atoms with Gasteiger partial charge in [-0.2, -0.15) is 0 Å². The average Bonchev–Trinajstić information content (AvgIpc) is 2.75. The minimum absolute atomic E-state index is 0.511. The molecule has 2 aromatic rings. The van der Waals surface area contributed by atoms with Crippen molar-refractivity contribution in [3.05, 3.63) is 51.2 Å². The molecular weight excluding hydrogens is 256 g/mol. The minimum Gasteiger partial charge on any atom is -0.496 e. The third kappa shape index (κ3) is 2.80. The second-order valence-corrected chi connectivity index (χ2v) is 5.06. The Balaban J connectivity index is 2.20. The fraction of sp³-hybridized carbons (Fsp3) is 0.231. The van der Waals surface area contributed by atoms with E-state index >= 15 is 0 Å². The molecule has 2 rings (SSSR count). The number of aliphatic hydroxyl groups is 1. The van der Waals surface area contributed by atoms with Crippen molar-refractivity contribution in [1.82, 2.24) is 0 Å². The number of halogens is 1. The molecule has 1 heterocycles. The molecule has 0 aliphatic rings. The van der Waals surface area contributed by atoms with Gasteiger partial charge in [0.05, 0.1) is 18.2 Å². The Morgan fingerprint density at radius 1 is 1.35 bits per heavy atom. The van der Waals surface area contributed by atoms with E-state index < -0.39 is 6.10 Å². The zero-order chi connectivity index (χ0) is 12.3. The van der Waals surface area contributed by atoms with E-state index in [9.17, 15) is 5.11 Å². The molecule has 90 valence electrons. The van der Waals surface area contributed by atoms with E-state index in [4.69, 9.17) is 16.3 Å². The highest BCUT2D eigenvalue weighted by Crippen LogP contribution is 2.31. The van der Waals surface area contributed by atoms with Gasteiger partial charge in [-0.05, 0) is 17.5 Å². The maximum absolute atomic E-state index is 10.2. The van der Waals surface area contributed by atoms with Crippen molar-refractivity contribution in [3.63, 3.8) is 0 Å². The van der Waals surface area contributed by atoms with Gasteiger partial charge in [-0.15, -0.1) is 11.3 Å². The number of hydrogen-bond acceptors (Lipinski definition) is 3. The van der Waals surface area contributed by atoms with E-state index in [0.717, 1.165) is 10.4 Å². The maximum Gasteiger partial charge on any atom is 0.124 e. The molecule has 1 unspecified atom stereocenters. The Bertz CT molecular complexity index is 496. The third-order valence-corrected chi connectivity index (χ3v) is 3.98. The molecule has 4 heteroatoms. The number of ether oxygens (including phenoxy) is 1. The smallest absolute Gasteiger partial charge is 0.124 e. The fourth-order valence-electron chi connectivity index (χ4n) is 1.70. The van der Waals surface area contributed by atoms with Gasteiger partial charge in [0, 0.05) is 16.9 Å². The molecule has 0 fully saturated rings. The molecule has 0 radical (unpaired) electrons. The van der Waals surface area contributed by atoms with Crippen molar-refractivity contribution in [2.75, 3.05) is 7.11 Å². The van der Waals surface area contributed by atoms with E-state index in [0.29, 0.717) is 17.2 Å². The lowest BCUT2D eigenvalue weighted by atomic mass is 10.0. The second-order valence-electron chi connectivity index (χ2n) is 3.65. The highest BCUT2D eigenvalue weighted by molar-refractivity contribution is 7.10. The number of thiophene rings is 1. The lowest BCUT2D eigenvalue weighted by Gasteiger charge is -2.14. The minimum atomic E-state index is -0.595. The van der Waals surface area contributed by atoms with Crippen molar-refractivity contribution in [3.8, 4) is 5.75 Å². The first kappa shape index (κ1) is 12.4. The van der Waals surface area contributed by atoms with Crippen LogP contribution in [0.25, 0.3) is 0 Å². The van der Waals surface area contributed by atoms with Crippen molar-refractivity contribution in [2.45, 2.75) is 12.5 Å². The molecule has 17 heavy (non-hydrogen) atoms. The third-order valence-electron chi connectivity index (χ3n) is 2.57. The van der Waals surface area contributed by atoms with Gasteiger partial charge in [-0.3, -0.25) is 0 Å². The zero-order valence-corrected chi connectivity index (χ0v) is 11.0. The van der Waals surface area contributed by atoms with Crippen molar-refractivity contribution >= 4 is 22.9 Å². The van der Waals surface area contributed by atoms with Crippen LogP contribution in [0.1, 0.15) is 16.5 Å². The molecule has 1 aromatic carbocycles. The molecule has 2 nitrogen and oxygen atoms in total. The summed E-state index contributed by atoms with van der Waals surface area (Å²) in [5.74, 6) is 0.702. The first-order valence-corrected chi connectivity index (χ1v) is 6.51. The summed E-state index contributed by atoms with van der Waals surface area (Å²) in [4.78, 5) is 0.991. The summed E-state index contributed by atoms with van der Waals surface area (Å²) in [6, 6.07) is 9.32. The van der Waals surface area contributed by atoms with Crippen molar-refractivity contribution < 1.29 is 9.84 Å². The Labute approximate surface area is 109 Å². The van der Waals surface area contributed by atoms with Crippen LogP contribution in [0, 0.1) is 0 Å². The van der Waals surface area contributed by atoms with Gasteiger partial charge in [-0.25, -0.2) is 0 Å². The van der Waals surface area contributed by atoms with Crippen LogP contribution in [0.5, 0.6) is 5.75 Å². The standard InChI is InChI=1S/C13H13ClO2S/c1-16-12-5-3-2-4-9(12)11(15)8-13-10(14)6-7-17-13/h2-7,11,15H,8H2,1H3. The number of rotatable bonds is 4. The van der Waals surface area contributed by atoms with Crippen LogP contribution in [0.15, 0.2) is 35.7 Å². The molecule has 0 saturated carbocycles. The molecule has 0 bridgehead atoms. The lowest BCUT2D eigenvalue weighted by molar-refractivity contribution is 0.175. The maximum atomic E-state index is 10.2. The van der Waals surface area contributed by atoms with Crippen molar-refractivity contribution in [2.24, 2.45) is 0 Å². The summed E-state index contributed by atoms with van der Waals surface area (Å²) >= 11 is 7.57. The lowest BCUT2D eigenvalue weighted by Crippen LogP contribution is -2.03. The molecule has 1 atom stereocenters. The Morgan fingerprint density at radius 3 is 2.76 bits per heavy atom. The predicted octanol–water partition coefficient (Wildman–Crippen LogP) is 3.69. The molecule has 0 aliphatic carbocycles. The Kier molecular flexibility index (Phi) is 4.05. The first-order valence-electron chi connectivity index (χ1n) is 5.25. The summed E-state index contributed by atoms with van der Waals surface area (Å²) in [5, 5.41) is 12.8. The van der Waals surface area contributed by atoms with Crippen LogP contribution in [0.3, 0.4) is 0 Å². The van der Waals surface area contributed by atoms with E-state index in [1.807, 2.05) is 35.7 Å². The van der Waals surface area contributed by atoms with Crippen molar-refractivity contribution in [1.29, 1.82) is 0 Å². The fourth-order valence-corrected chi connectivity index (χ4v) is 2.85. The number of para-hydroxylation sites is 1. The van der Waals surface area contributed by atoms with Crippen LogP contribution >= 0.6 is 22.9 Å². The highest BCUT2D eigenvalue weighted by atomic mass is 35.5. The van der Waals surface area contributed by atoms with Gasteiger partial charge < -0.3 is 9.84 Å². The van der Waals surface area contributed by atoms with E-state index in [1.54, 1.807) is 18.4 Å². The van der Waals surface area contributed by atoms with E-state index in [-0.39, 0.29) is 0 Å². The molecule has 1 aromatic heterocycles. The van der Waals surface area contributed by atoms with Crippen LogP contribution in [-0.4, -0.2) is 12.2 Å². The Morgan fingerprint density at radius 2 is 2.12 bits per heavy atom. The molecular formula is C13H13ClO2S. The van der Waals surface area contributed by atoms with Gasteiger partial charge in [0.1, 0.15) is 5.75 Å². The molecule has 0 spiro atoms. The van der Waals surface area contributed by atoms with Gasteiger partial charge in [-0.1, -0.05) is 29.8 Å². The van der Waals surface area contributed by atoms with Crippen LogP contribution in [-0.2, 0) is 6.42 Å². The van der Waals surface area contributed by atoms with Crippen LogP contribution < -0.4 is 4.74 Å². The zero-order valence-electron chi connectivity index (χ0n) is 9.39. The number of hydrogen-bond donors (Lipinski definition) is 1. The molecule has 1 N–H and O–H groups in total. The highest BCUT2D eigenvalue weighted by Gasteiger charge is 2.15. The van der Waals surface area contributed by atoms with Crippen LogP contribution in [0.2, 0.25) is 5.02 Å². The first-order chi connectivity index (χ1) is 8.22. The SMILES string of the molecule is COc1ccccc1C(O)Cc1sccc1Cl. The molecule has 0 aliphatic heterocycles. The van der Waals surface area contributed by atoms with Crippen LogP contribution in [0.4, 0.5) is 0 Å². The predicted molar refractivity (Wildman–Crippen MR) is 71.0 cm³/mol. The largest absolute Gasteiger partial charge is 0.496 e. The topological polar surface area (TPSA) is 29.5 Å². The number of benzene rings is 1. The second kappa shape index (κ2) is 5.54. The summed E-state index contributed by atoms with van der Waals surface area (Å²) in [6.45, 7) is 0. The Hall–Kier alpha value is -1.03. The van der Waals surface area contributed by atoms with E-state index in [1.165, 1.54) is 0 Å². The monoisotopic (exact) mass is 268 g/mol. The van der Waals surface area contributed by atoms with E-state index in [2.05, 4.69) is 0 Å². The molecule has 0 saturated heterocycles. The number of aliphatic hydroxyl groups excluding tert-OH is 1. The summed E-state index contributed by atoms with van der Waals surface area (Å²) in [7, 11) is 1.60. The average molecular weight is 269 g/mol. The van der Waals surface area contributed by atoms with Gasteiger partial charge in [0.2, 0.25) is 0 Å². The summed E-state index contributed by atoms with van der Waals surface area (Å²) in [5.41, 5.74) is 0.791. The quantitative estimate of drug-likeness (QED) is 0.916.